The van der Waals surface area contributed by atoms with Gasteiger partial charge in [0.1, 0.15) is 5.00 Å². The molecule has 2 rings (SSSR count). The number of nitrogens with one attached hydrogen (secondary N) is 1. The van der Waals surface area contributed by atoms with Gasteiger partial charge in [0.2, 0.25) is 11.7 Å². The van der Waals surface area contributed by atoms with E-state index in [-0.39, 0.29) is 18.3 Å². The van der Waals surface area contributed by atoms with Gasteiger partial charge < -0.3 is 10.1 Å². The Kier molecular flexibility index (Phi) is 5.10. The summed E-state index contributed by atoms with van der Waals surface area (Å²) in [6.07, 6.45) is 0. The summed E-state index contributed by atoms with van der Waals surface area (Å²) >= 11 is 2.62. The van der Waals surface area contributed by atoms with Gasteiger partial charge in [-0.05, 0) is 30.9 Å². The summed E-state index contributed by atoms with van der Waals surface area (Å²) in [4.78, 5) is 36.8. The summed E-state index contributed by atoms with van der Waals surface area (Å²) < 4.78 is 5.10. The molecular weight excluding hydrogens is 322 g/mol. The minimum absolute atomic E-state index is 0.242. The van der Waals surface area contributed by atoms with Crippen molar-refractivity contribution in [3.8, 4) is 0 Å². The van der Waals surface area contributed by atoms with Crippen LogP contribution in [0.5, 0.6) is 0 Å². The first-order chi connectivity index (χ1) is 10.4. The molecule has 0 aliphatic carbocycles. The number of amides is 1. The van der Waals surface area contributed by atoms with E-state index in [2.05, 4.69) is 5.32 Å². The van der Waals surface area contributed by atoms with Gasteiger partial charge in [-0.1, -0.05) is 6.07 Å². The van der Waals surface area contributed by atoms with Crippen LogP contribution in [0.15, 0.2) is 17.5 Å². The van der Waals surface area contributed by atoms with E-state index in [0.717, 1.165) is 10.4 Å². The Balaban J connectivity index is 2.12. The van der Waals surface area contributed by atoms with Gasteiger partial charge >= 0.3 is 5.97 Å². The van der Waals surface area contributed by atoms with Gasteiger partial charge in [0.05, 0.1) is 10.4 Å². The predicted octanol–water partition coefficient (Wildman–Crippen LogP) is 3.42. The molecule has 5 nitrogen and oxygen atoms in total. The van der Waals surface area contributed by atoms with Gasteiger partial charge in [0.15, 0.2) is 6.61 Å². The van der Waals surface area contributed by atoms with Crippen molar-refractivity contribution in [3.63, 3.8) is 0 Å². The van der Waals surface area contributed by atoms with E-state index in [1.165, 1.54) is 29.6 Å². The molecule has 2 aromatic heterocycles. The third-order valence-corrected chi connectivity index (χ3v) is 5.04. The number of rotatable bonds is 5. The average Bonchev–Trinajstić information content (AvgIpc) is 3.05. The van der Waals surface area contributed by atoms with Crippen molar-refractivity contribution in [2.45, 2.75) is 20.8 Å². The van der Waals surface area contributed by atoms with Crippen LogP contribution in [0.2, 0.25) is 0 Å². The van der Waals surface area contributed by atoms with Crippen molar-refractivity contribution in [2.24, 2.45) is 0 Å². The van der Waals surface area contributed by atoms with E-state index >= 15 is 0 Å². The largest absolute Gasteiger partial charge is 0.454 e. The number of aryl methyl sites for hydroxylation is 1. The molecule has 0 unspecified atom stereocenters. The molecule has 0 fully saturated rings. The summed E-state index contributed by atoms with van der Waals surface area (Å²) in [6, 6.07) is 3.45. The Hall–Kier alpha value is -1.99. The molecule has 0 aromatic carbocycles. The van der Waals surface area contributed by atoms with E-state index in [4.69, 9.17) is 4.74 Å². The molecule has 1 N–H and O–H groups in total. The molecule has 0 atom stereocenters. The Morgan fingerprint density at radius 1 is 1.27 bits per heavy atom. The summed E-state index contributed by atoms with van der Waals surface area (Å²) in [7, 11) is 0. The molecule has 1 amide bonds. The lowest BCUT2D eigenvalue weighted by atomic mass is 10.1. The van der Waals surface area contributed by atoms with Gasteiger partial charge in [-0.15, -0.1) is 22.7 Å². The van der Waals surface area contributed by atoms with Gasteiger partial charge in [-0.2, -0.15) is 0 Å². The Bertz CT molecular complexity index is 716. The molecule has 22 heavy (non-hydrogen) atoms. The minimum Gasteiger partial charge on any atom is -0.454 e. The molecule has 2 heterocycles. The van der Waals surface area contributed by atoms with Crippen LogP contribution in [-0.4, -0.2) is 24.3 Å². The highest BCUT2D eigenvalue weighted by atomic mass is 32.1. The molecule has 0 aliphatic rings. The number of esters is 1. The van der Waals surface area contributed by atoms with Gasteiger partial charge in [0.25, 0.3) is 0 Å². The molecule has 0 bridgehead atoms. The summed E-state index contributed by atoms with van der Waals surface area (Å²) in [6.45, 7) is 4.71. The number of thiophene rings is 2. The highest BCUT2D eigenvalue weighted by molar-refractivity contribution is 7.16. The van der Waals surface area contributed by atoms with Crippen LogP contribution in [0.1, 0.15) is 37.4 Å². The van der Waals surface area contributed by atoms with Crippen LogP contribution in [0.3, 0.4) is 0 Å². The highest BCUT2D eigenvalue weighted by Gasteiger charge is 2.22. The van der Waals surface area contributed by atoms with E-state index in [1.807, 2.05) is 6.92 Å². The second-order valence-electron chi connectivity index (χ2n) is 4.65. The van der Waals surface area contributed by atoms with Crippen LogP contribution in [0.25, 0.3) is 0 Å². The third-order valence-electron chi connectivity index (χ3n) is 3.01. The summed E-state index contributed by atoms with van der Waals surface area (Å²) in [5.74, 6) is -1.10. The van der Waals surface area contributed by atoms with Gasteiger partial charge in [-0.3, -0.25) is 9.59 Å². The zero-order valence-electron chi connectivity index (χ0n) is 12.4. The van der Waals surface area contributed by atoms with E-state index < -0.39 is 5.97 Å². The molecule has 0 saturated heterocycles. The van der Waals surface area contributed by atoms with Gasteiger partial charge in [0, 0.05) is 11.8 Å². The second kappa shape index (κ2) is 6.85. The minimum atomic E-state index is -0.601. The number of hydrogen-bond donors (Lipinski definition) is 1. The quantitative estimate of drug-likeness (QED) is 0.670. The van der Waals surface area contributed by atoms with Crippen LogP contribution in [-0.2, 0) is 9.53 Å². The Labute approximate surface area is 135 Å². The van der Waals surface area contributed by atoms with Crippen LogP contribution < -0.4 is 5.32 Å². The van der Waals surface area contributed by atoms with Crippen molar-refractivity contribution in [2.75, 3.05) is 11.9 Å². The molecular formula is C15H15NO4S2. The molecule has 0 saturated carbocycles. The third kappa shape index (κ3) is 3.61. The highest BCUT2D eigenvalue weighted by Crippen LogP contribution is 2.33. The number of ether oxygens (including phenoxy) is 1. The molecule has 0 spiro atoms. The normalized spacial score (nSPS) is 10.3. The van der Waals surface area contributed by atoms with E-state index in [1.54, 1.807) is 24.4 Å². The number of hydrogen-bond acceptors (Lipinski definition) is 6. The number of Topliss-reactive ketones (excluding diaryl/α,β-unsaturated/α-hetero) is 1. The predicted molar refractivity (Wildman–Crippen MR) is 87.0 cm³/mol. The fourth-order valence-electron chi connectivity index (χ4n) is 1.83. The average molecular weight is 337 g/mol. The summed E-state index contributed by atoms with van der Waals surface area (Å²) in [5.41, 5.74) is 1.07. The molecule has 7 heteroatoms. The van der Waals surface area contributed by atoms with Crippen molar-refractivity contribution in [3.05, 3.63) is 38.4 Å². The van der Waals surface area contributed by atoms with E-state index in [0.29, 0.717) is 15.4 Å². The SMILES string of the molecule is CC(=O)Nc1sc(C)c(C)c1C(=O)OCC(=O)c1cccs1. The van der Waals surface area contributed by atoms with Crippen LogP contribution >= 0.6 is 22.7 Å². The number of carbonyl (C=O) groups is 3. The lowest BCUT2D eigenvalue weighted by molar-refractivity contribution is -0.114. The zero-order valence-corrected chi connectivity index (χ0v) is 14.0. The lowest BCUT2D eigenvalue weighted by Crippen LogP contribution is -2.16. The molecule has 2 aromatic rings. The topological polar surface area (TPSA) is 72.5 Å². The summed E-state index contributed by atoms with van der Waals surface area (Å²) in [5, 5.41) is 4.87. The van der Waals surface area contributed by atoms with Crippen LogP contribution in [0.4, 0.5) is 5.00 Å². The first-order valence-corrected chi connectivity index (χ1v) is 8.21. The first-order valence-electron chi connectivity index (χ1n) is 6.51. The monoisotopic (exact) mass is 337 g/mol. The zero-order chi connectivity index (χ0) is 16.3. The first kappa shape index (κ1) is 16.4. The van der Waals surface area contributed by atoms with Crippen molar-refractivity contribution in [1.82, 2.24) is 0 Å². The number of carbonyl (C=O) groups excluding carboxylic acids is 3. The van der Waals surface area contributed by atoms with Crippen molar-refractivity contribution >= 4 is 45.3 Å². The maximum atomic E-state index is 12.2. The van der Waals surface area contributed by atoms with Gasteiger partial charge in [-0.25, -0.2) is 4.79 Å². The number of anilines is 1. The van der Waals surface area contributed by atoms with E-state index in [9.17, 15) is 14.4 Å². The maximum absolute atomic E-state index is 12.2. The Morgan fingerprint density at radius 2 is 2.00 bits per heavy atom. The standard InChI is InChI=1S/C15H15NO4S2/c1-8-9(2)22-14(16-10(3)17)13(8)15(19)20-7-11(18)12-5-4-6-21-12/h4-6H,7H2,1-3H3,(H,16,17). The van der Waals surface area contributed by atoms with Crippen molar-refractivity contribution in [1.29, 1.82) is 0 Å². The fourth-order valence-corrected chi connectivity index (χ4v) is 3.58. The van der Waals surface area contributed by atoms with Crippen molar-refractivity contribution < 1.29 is 19.1 Å². The molecule has 0 radical (unpaired) electrons. The Morgan fingerprint density at radius 3 is 2.59 bits per heavy atom. The molecule has 0 aliphatic heterocycles. The van der Waals surface area contributed by atoms with Crippen LogP contribution in [0, 0.1) is 13.8 Å². The fraction of sp³-hybridized carbons (Fsp3) is 0.267. The maximum Gasteiger partial charge on any atom is 0.341 e. The molecule has 116 valence electrons. The smallest absolute Gasteiger partial charge is 0.341 e. The second-order valence-corrected chi connectivity index (χ2v) is 6.82. The number of ketones is 1. The lowest BCUT2D eigenvalue weighted by Gasteiger charge is -2.06.